The number of benzene rings is 1. The number of carbonyl (C=O) groups is 2. The van der Waals surface area contributed by atoms with Gasteiger partial charge in [-0.2, -0.15) is 0 Å². The van der Waals surface area contributed by atoms with Gasteiger partial charge in [0.2, 0.25) is 0 Å². The van der Waals surface area contributed by atoms with Crippen molar-refractivity contribution in [2.24, 2.45) is 0 Å². The first-order chi connectivity index (χ1) is 10.4. The zero-order valence-electron chi connectivity index (χ0n) is 13.6. The van der Waals surface area contributed by atoms with Crippen LogP contribution in [0, 0.1) is 0 Å². The predicted molar refractivity (Wildman–Crippen MR) is 86.9 cm³/mol. The van der Waals surface area contributed by atoms with E-state index in [1.165, 1.54) is 18.3 Å². The maximum atomic E-state index is 11.6. The number of nitrogens with zero attached hydrogens (tertiary/aromatic N) is 2. The van der Waals surface area contributed by atoms with E-state index in [-0.39, 0.29) is 6.04 Å². The van der Waals surface area contributed by atoms with Crippen molar-refractivity contribution in [3.63, 3.8) is 0 Å². The second-order valence-electron chi connectivity index (χ2n) is 5.83. The molecule has 1 aromatic carbocycles. The van der Waals surface area contributed by atoms with E-state index in [9.17, 15) is 9.59 Å². The summed E-state index contributed by atoms with van der Waals surface area (Å²) >= 11 is 0. The summed E-state index contributed by atoms with van der Waals surface area (Å²) in [6, 6.07) is 6.46. The Morgan fingerprint density at radius 3 is 2.68 bits per heavy atom. The highest BCUT2D eigenvalue weighted by Gasteiger charge is 2.21. The van der Waals surface area contributed by atoms with Crippen LogP contribution in [0.4, 0.5) is 5.69 Å². The van der Waals surface area contributed by atoms with E-state index in [4.69, 9.17) is 0 Å². The molecular formula is C16H24N4O2. The van der Waals surface area contributed by atoms with Gasteiger partial charge in [-0.05, 0) is 37.7 Å². The van der Waals surface area contributed by atoms with Crippen molar-refractivity contribution in [3.8, 4) is 0 Å². The molecule has 0 spiro atoms. The fourth-order valence-electron chi connectivity index (χ4n) is 2.78. The lowest BCUT2D eigenvalue weighted by molar-refractivity contribution is -0.139. The van der Waals surface area contributed by atoms with Gasteiger partial charge in [-0.25, -0.2) is 0 Å². The van der Waals surface area contributed by atoms with E-state index in [0.717, 1.165) is 18.5 Å². The molecule has 120 valence electrons. The topological polar surface area (TPSA) is 64.7 Å². The molecule has 6 nitrogen and oxygen atoms in total. The third-order valence-electron chi connectivity index (χ3n) is 4.13. The van der Waals surface area contributed by atoms with Crippen LogP contribution < -0.4 is 15.5 Å². The Hall–Kier alpha value is -2.08. The lowest BCUT2D eigenvalue weighted by atomic mass is 10.0. The van der Waals surface area contributed by atoms with E-state index >= 15 is 0 Å². The molecule has 2 rings (SSSR count). The van der Waals surface area contributed by atoms with E-state index in [1.807, 2.05) is 19.0 Å². The minimum absolute atomic E-state index is 0.0322. The lowest BCUT2D eigenvalue weighted by Gasteiger charge is -2.25. The summed E-state index contributed by atoms with van der Waals surface area (Å²) in [6.45, 7) is 1.44. The average Bonchev–Trinajstić information content (AvgIpc) is 2.87. The maximum absolute atomic E-state index is 11.6. The van der Waals surface area contributed by atoms with Gasteiger partial charge in [0.25, 0.3) is 0 Å². The average molecular weight is 304 g/mol. The van der Waals surface area contributed by atoms with Gasteiger partial charge < -0.3 is 20.4 Å². The summed E-state index contributed by atoms with van der Waals surface area (Å²) in [5, 5.41) is 5.01. The largest absolute Gasteiger partial charge is 0.374 e. The van der Waals surface area contributed by atoms with Crippen molar-refractivity contribution in [2.45, 2.75) is 12.5 Å². The van der Waals surface area contributed by atoms with Gasteiger partial charge in [-0.1, -0.05) is 12.1 Å². The van der Waals surface area contributed by atoms with Crippen molar-refractivity contribution in [1.82, 2.24) is 15.5 Å². The fourth-order valence-corrected chi connectivity index (χ4v) is 2.78. The number of carbonyl (C=O) groups excluding carboxylic acids is 2. The molecule has 2 amide bonds. The van der Waals surface area contributed by atoms with Crippen LogP contribution in [0.25, 0.3) is 0 Å². The van der Waals surface area contributed by atoms with Gasteiger partial charge in [-0.3, -0.25) is 9.59 Å². The molecule has 2 N–H and O–H groups in total. The van der Waals surface area contributed by atoms with Crippen LogP contribution in [-0.4, -0.2) is 58.0 Å². The first-order valence-electron chi connectivity index (χ1n) is 7.44. The summed E-state index contributed by atoms with van der Waals surface area (Å²) in [6.07, 6.45) is 1.05. The molecule has 0 bridgehead atoms. The summed E-state index contributed by atoms with van der Waals surface area (Å²) in [4.78, 5) is 27.2. The zero-order chi connectivity index (χ0) is 16.3. The number of rotatable bonds is 4. The summed E-state index contributed by atoms with van der Waals surface area (Å²) in [7, 11) is 7.48. The summed E-state index contributed by atoms with van der Waals surface area (Å²) < 4.78 is 0. The molecule has 22 heavy (non-hydrogen) atoms. The molecule has 1 atom stereocenters. The third kappa shape index (κ3) is 3.39. The van der Waals surface area contributed by atoms with Gasteiger partial charge in [0, 0.05) is 32.9 Å². The van der Waals surface area contributed by atoms with Gasteiger partial charge in [0.1, 0.15) is 0 Å². The smallest absolute Gasteiger partial charge is 0.309 e. The highest BCUT2D eigenvalue weighted by atomic mass is 16.2. The molecule has 0 aliphatic carbocycles. The highest BCUT2D eigenvalue weighted by Crippen LogP contribution is 2.30. The van der Waals surface area contributed by atoms with Crippen LogP contribution in [0.1, 0.15) is 17.2 Å². The molecule has 1 unspecified atom stereocenters. The minimum atomic E-state index is -0.618. The van der Waals surface area contributed by atoms with Crippen molar-refractivity contribution < 1.29 is 9.59 Å². The van der Waals surface area contributed by atoms with Gasteiger partial charge >= 0.3 is 11.8 Å². The summed E-state index contributed by atoms with van der Waals surface area (Å²) in [5.74, 6) is -1.22. The van der Waals surface area contributed by atoms with E-state index < -0.39 is 11.8 Å². The molecule has 0 saturated heterocycles. The van der Waals surface area contributed by atoms with E-state index in [2.05, 4.69) is 40.8 Å². The second kappa shape index (κ2) is 6.79. The van der Waals surface area contributed by atoms with E-state index in [1.54, 1.807) is 0 Å². The lowest BCUT2D eigenvalue weighted by Crippen LogP contribution is -2.42. The van der Waals surface area contributed by atoms with Crippen LogP contribution in [0.5, 0.6) is 0 Å². The first kappa shape index (κ1) is 16.3. The molecule has 1 aliphatic rings. The Morgan fingerprint density at radius 1 is 1.32 bits per heavy atom. The third-order valence-corrected chi connectivity index (χ3v) is 4.13. The number of hydrogen-bond acceptors (Lipinski definition) is 4. The quantitative estimate of drug-likeness (QED) is 0.777. The molecular weight excluding hydrogens is 280 g/mol. The molecule has 0 radical (unpaired) electrons. The molecule has 1 aliphatic heterocycles. The van der Waals surface area contributed by atoms with Crippen molar-refractivity contribution in [1.29, 1.82) is 0 Å². The number of anilines is 1. The molecule has 1 aromatic rings. The SMILES string of the molecule is CNC(=O)C(=O)NCC(c1ccc2c(c1)CCN2C)N(C)C. The first-order valence-corrected chi connectivity index (χ1v) is 7.44. The predicted octanol–water partition coefficient (Wildman–Crippen LogP) is 0.144. The second-order valence-corrected chi connectivity index (χ2v) is 5.83. The Morgan fingerprint density at radius 2 is 2.05 bits per heavy atom. The van der Waals surface area contributed by atoms with Gasteiger partial charge in [0.15, 0.2) is 0 Å². The zero-order valence-corrected chi connectivity index (χ0v) is 13.6. The Labute approximate surface area is 131 Å². The van der Waals surface area contributed by atoms with Crippen molar-refractivity contribution >= 4 is 17.5 Å². The van der Waals surface area contributed by atoms with Gasteiger partial charge in [0.05, 0.1) is 6.04 Å². The normalized spacial score (nSPS) is 14.7. The molecule has 0 saturated carbocycles. The van der Waals surface area contributed by atoms with E-state index in [0.29, 0.717) is 6.54 Å². The number of hydrogen-bond donors (Lipinski definition) is 2. The Kier molecular flexibility index (Phi) is 5.03. The van der Waals surface area contributed by atoms with Crippen molar-refractivity contribution in [3.05, 3.63) is 29.3 Å². The number of likely N-dealkylation sites (N-methyl/N-ethyl adjacent to an activating group) is 3. The number of nitrogens with one attached hydrogen (secondary N) is 2. The molecule has 1 heterocycles. The van der Waals surface area contributed by atoms with Crippen LogP contribution >= 0.6 is 0 Å². The van der Waals surface area contributed by atoms with Crippen molar-refractivity contribution in [2.75, 3.05) is 46.2 Å². The maximum Gasteiger partial charge on any atom is 0.309 e. The number of amides is 2. The monoisotopic (exact) mass is 304 g/mol. The van der Waals surface area contributed by atoms with Crippen LogP contribution in [0.15, 0.2) is 18.2 Å². The molecule has 6 heteroatoms. The Balaban J connectivity index is 2.12. The van der Waals surface area contributed by atoms with Crippen LogP contribution in [0.2, 0.25) is 0 Å². The Bertz CT molecular complexity index is 571. The highest BCUT2D eigenvalue weighted by molar-refractivity contribution is 6.35. The summed E-state index contributed by atoms with van der Waals surface area (Å²) in [5.41, 5.74) is 3.76. The number of fused-ring (bicyclic) bond motifs is 1. The molecule has 0 fully saturated rings. The minimum Gasteiger partial charge on any atom is -0.374 e. The van der Waals surface area contributed by atoms with Crippen LogP contribution in [0.3, 0.4) is 0 Å². The van der Waals surface area contributed by atoms with Gasteiger partial charge in [-0.15, -0.1) is 0 Å². The standard InChI is InChI=1S/C16H24N4O2/c1-17-15(21)16(22)18-10-14(19(2)3)11-5-6-13-12(9-11)7-8-20(13)4/h5-6,9,14H,7-8,10H2,1-4H3,(H,17,21)(H,18,22). The molecule has 0 aromatic heterocycles. The fraction of sp³-hybridized carbons (Fsp3) is 0.500. The van der Waals surface area contributed by atoms with Crippen LogP contribution in [-0.2, 0) is 16.0 Å².